The molecule has 1 aliphatic heterocycles. The van der Waals surface area contributed by atoms with Gasteiger partial charge in [-0.2, -0.15) is 11.8 Å². The van der Waals surface area contributed by atoms with Crippen LogP contribution in [0.4, 0.5) is 0 Å². The molecule has 1 aromatic rings. The van der Waals surface area contributed by atoms with E-state index in [9.17, 15) is 0 Å². The molecular weight excluding hydrogens is 242 g/mol. The maximum absolute atomic E-state index is 4.78. The maximum atomic E-state index is 4.78. The van der Waals surface area contributed by atoms with Crippen molar-refractivity contribution < 1.29 is 0 Å². The second-order valence-corrected chi connectivity index (χ2v) is 6.04. The standard InChI is InChI=1S/C14H23N3S/c1-3-7-15-9-11-10-16-14(17-12(11)4-2)13-6-5-8-18-13/h10,13,15H,3-9H2,1-2H3. The zero-order valence-electron chi connectivity index (χ0n) is 11.4. The number of hydrogen-bond acceptors (Lipinski definition) is 4. The van der Waals surface area contributed by atoms with Crippen LogP contribution in [0, 0.1) is 0 Å². The molecule has 0 saturated carbocycles. The molecule has 18 heavy (non-hydrogen) atoms. The number of nitrogens with one attached hydrogen (secondary N) is 1. The average molecular weight is 265 g/mol. The van der Waals surface area contributed by atoms with Gasteiger partial charge in [-0.25, -0.2) is 9.97 Å². The zero-order valence-corrected chi connectivity index (χ0v) is 12.2. The molecule has 1 N–H and O–H groups in total. The molecule has 4 heteroatoms. The van der Waals surface area contributed by atoms with E-state index in [1.54, 1.807) is 0 Å². The Morgan fingerprint density at radius 2 is 2.33 bits per heavy atom. The third-order valence-corrected chi connectivity index (χ3v) is 4.64. The minimum atomic E-state index is 0.535. The van der Waals surface area contributed by atoms with Crippen molar-refractivity contribution in [1.82, 2.24) is 15.3 Å². The monoisotopic (exact) mass is 265 g/mol. The molecule has 100 valence electrons. The van der Waals surface area contributed by atoms with Gasteiger partial charge in [-0.05, 0) is 38.0 Å². The van der Waals surface area contributed by atoms with Crippen LogP contribution < -0.4 is 5.32 Å². The molecule has 1 unspecified atom stereocenters. The van der Waals surface area contributed by atoms with Gasteiger partial charge in [-0.15, -0.1) is 0 Å². The Bertz CT molecular complexity index is 375. The predicted octanol–water partition coefficient (Wildman–Crippen LogP) is 3.11. The highest BCUT2D eigenvalue weighted by Crippen LogP contribution is 2.38. The molecule has 1 atom stereocenters. The lowest BCUT2D eigenvalue weighted by Crippen LogP contribution is -2.16. The van der Waals surface area contributed by atoms with Gasteiger partial charge in [0.2, 0.25) is 0 Å². The summed E-state index contributed by atoms with van der Waals surface area (Å²) in [4.78, 5) is 9.36. The minimum absolute atomic E-state index is 0.535. The van der Waals surface area contributed by atoms with Crippen molar-refractivity contribution >= 4 is 11.8 Å². The molecule has 0 aliphatic carbocycles. The Kier molecular flexibility index (Phi) is 5.45. The molecule has 1 aromatic heterocycles. The van der Waals surface area contributed by atoms with Gasteiger partial charge in [0.15, 0.2) is 0 Å². The molecule has 0 aromatic carbocycles. The summed E-state index contributed by atoms with van der Waals surface area (Å²) < 4.78 is 0. The smallest absolute Gasteiger partial charge is 0.141 e. The first-order valence-electron chi connectivity index (χ1n) is 7.02. The molecule has 2 heterocycles. The molecule has 1 fully saturated rings. The van der Waals surface area contributed by atoms with Crippen LogP contribution in [0.2, 0.25) is 0 Å². The first-order valence-corrected chi connectivity index (χ1v) is 8.07. The summed E-state index contributed by atoms with van der Waals surface area (Å²) in [6, 6.07) is 0. The van der Waals surface area contributed by atoms with Gasteiger partial charge >= 0.3 is 0 Å². The Balaban J connectivity index is 2.07. The van der Waals surface area contributed by atoms with E-state index < -0.39 is 0 Å². The van der Waals surface area contributed by atoms with Gasteiger partial charge in [0.1, 0.15) is 5.82 Å². The zero-order chi connectivity index (χ0) is 12.8. The van der Waals surface area contributed by atoms with Crippen LogP contribution in [0.5, 0.6) is 0 Å². The highest BCUT2D eigenvalue weighted by atomic mass is 32.2. The number of hydrogen-bond donors (Lipinski definition) is 1. The number of nitrogens with zero attached hydrogens (tertiary/aromatic N) is 2. The molecule has 0 spiro atoms. The van der Waals surface area contributed by atoms with E-state index in [-0.39, 0.29) is 0 Å². The van der Waals surface area contributed by atoms with E-state index in [1.807, 2.05) is 18.0 Å². The van der Waals surface area contributed by atoms with Crippen molar-refractivity contribution in [2.45, 2.75) is 51.3 Å². The quantitative estimate of drug-likeness (QED) is 0.802. The molecule has 3 nitrogen and oxygen atoms in total. The lowest BCUT2D eigenvalue weighted by atomic mass is 10.1. The van der Waals surface area contributed by atoms with E-state index in [0.29, 0.717) is 5.25 Å². The Morgan fingerprint density at radius 3 is 3.00 bits per heavy atom. The third-order valence-electron chi connectivity index (χ3n) is 3.27. The van der Waals surface area contributed by atoms with Crippen LogP contribution in [0.25, 0.3) is 0 Å². The lowest BCUT2D eigenvalue weighted by Gasteiger charge is -2.12. The van der Waals surface area contributed by atoms with Gasteiger partial charge in [0.25, 0.3) is 0 Å². The fourth-order valence-electron chi connectivity index (χ4n) is 2.25. The second-order valence-electron chi connectivity index (χ2n) is 4.73. The number of rotatable bonds is 6. The van der Waals surface area contributed by atoms with E-state index in [1.165, 1.54) is 36.3 Å². The largest absolute Gasteiger partial charge is 0.313 e. The van der Waals surface area contributed by atoms with Crippen molar-refractivity contribution in [1.29, 1.82) is 0 Å². The Labute approximate surface area is 114 Å². The molecule has 0 bridgehead atoms. The second kappa shape index (κ2) is 7.10. The van der Waals surface area contributed by atoms with Crippen LogP contribution >= 0.6 is 11.8 Å². The van der Waals surface area contributed by atoms with Crippen LogP contribution in [0.3, 0.4) is 0 Å². The van der Waals surface area contributed by atoms with Gasteiger partial charge < -0.3 is 5.32 Å². The number of aryl methyl sites for hydroxylation is 1. The molecule has 0 radical (unpaired) electrons. The van der Waals surface area contributed by atoms with Crippen molar-refractivity contribution in [3.05, 3.63) is 23.3 Å². The van der Waals surface area contributed by atoms with Crippen LogP contribution in [-0.2, 0) is 13.0 Å². The van der Waals surface area contributed by atoms with Crippen LogP contribution in [0.15, 0.2) is 6.20 Å². The summed E-state index contributed by atoms with van der Waals surface area (Å²) in [5.74, 6) is 2.31. The molecule has 1 aliphatic rings. The normalized spacial score (nSPS) is 19.3. The maximum Gasteiger partial charge on any atom is 0.141 e. The molecule has 0 amide bonds. The van der Waals surface area contributed by atoms with E-state index >= 15 is 0 Å². The molecular formula is C14H23N3S. The van der Waals surface area contributed by atoms with Gasteiger partial charge in [0, 0.05) is 24.0 Å². The highest BCUT2D eigenvalue weighted by Gasteiger charge is 2.21. The minimum Gasteiger partial charge on any atom is -0.313 e. The predicted molar refractivity (Wildman–Crippen MR) is 77.8 cm³/mol. The van der Waals surface area contributed by atoms with Gasteiger partial charge in [-0.1, -0.05) is 13.8 Å². The Hall–Kier alpha value is -0.610. The summed E-state index contributed by atoms with van der Waals surface area (Å²) in [6.07, 6.45) is 6.74. The summed E-state index contributed by atoms with van der Waals surface area (Å²) in [6.45, 7) is 6.32. The summed E-state index contributed by atoms with van der Waals surface area (Å²) >= 11 is 2.00. The number of thioether (sulfide) groups is 1. The van der Waals surface area contributed by atoms with Gasteiger partial charge in [0.05, 0.1) is 5.25 Å². The fourth-order valence-corrected chi connectivity index (χ4v) is 3.46. The SMILES string of the molecule is CCCNCc1cnc(C2CCCS2)nc1CC. The average Bonchev–Trinajstić information content (AvgIpc) is 2.93. The van der Waals surface area contributed by atoms with Crippen LogP contribution in [-0.4, -0.2) is 22.3 Å². The van der Waals surface area contributed by atoms with Crippen molar-refractivity contribution in [3.8, 4) is 0 Å². The summed E-state index contributed by atoms with van der Waals surface area (Å²) in [5.41, 5.74) is 2.48. The van der Waals surface area contributed by atoms with Crippen molar-refractivity contribution in [2.24, 2.45) is 0 Å². The molecule has 1 saturated heterocycles. The topological polar surface area (TPSA) is 37.8 Å². The van der Waals surface area contributed by atoms with Crippen molar-refractivity contribution in [2.75, 3.05) is 12.3 Å². The third kappa shape index (κ3) is 3.45. The first-order chi connectivity index (χ1) is 8.85. The Morgan fingerprint density at radius 1 is 1.44 bits per heavy atom. The fraction of sp³-hybridized carbons (Fsp3) is 0.714. The van der Waals surface area contributed by atoms with E-state index in [2.05, 4.69) is 24.1 Å². The van der Waals surface area contributed by atoms with E-state index in [0.717, 1.165) is 25.3 Å². The van der Waals surface area contributed by atoms with Crippen LogP contribution in [0.1, 0.15) is 55.4 Å². The molecule has 2 rings (SSSR count). The number of aromatic nitrogens is 2. The van der Waals surface area contributed by atoms with Crippen molar-refractivity contribution in [3.63, 3.8) is 0 Å². The summed E-state index contributed by atoms with van der Waals surface area (Å²) in [7, 11) is 0. The highest BCUT2D eigenvalue weighted by molar-refractivity contribution is 7.99. The lowest BCUT2D eigenvalue weighted by molar-refractivity contribution is 0.660. The van der Waals surface area contributed by atoms with Gasteiger partial charge in [-0.3, -0.25) is 0 Å². The van der Waals surface area contributed by atoms with E-state index in [4.69, 9.17) is 4.98 Å². The first kappa shape index (κ1) is 13.8. The summed E-state index contributed by atoms with van der Waals surface area (Å²) in [5, 5.41) is 3.97.